The van der Waals surface area contributed by atoms with E-state index in [1.165, 1.54) is 29.1 Å². The van der Waals surface area contributed by atoms with Gasteiger partial charge in [0.25, 0.3) is 5.91 Å². The van der Waals surface area contributed by atoms with Crippen molar-refractivity contribution in [3.63, 3.8) is 0 Å². The highest BCUT2D eigenvalue weighted by Gasteiger charge is 2.17. The van der Waals surface area contributed by atoms with Gasteiger partial charge in [-0.25, -0.2) is 9.97 Å². The third-order valence-corrected chi connectivity index (χ3v) is 5.19. The number of carbonyl (C=O) groups excluding carboxylic acids is 1. The SMILES string of the molecule is NCCc1nc(C(=O)Nc2nc3c(s2)CCCC3)cs1. The quantitative estimate of drug-likeness (QED) is 0.907. The molecule has 1 aliphatic carbocycles. The Morgan fingerprint density at radius 1 is 1.35 bits per heavy atom. The van der Waals surface area contributed by atoms with Crippen LogP contribution in [0.5, 0.6) is 0 Å². The molecule has 106 valence electrons. The molecular weight excluding hydrogens is 292 g/mol. The average molecular weight is 308 g/mol. The Balaban J connectivity index is 1.70. The molecule has 0 radical (unpaired) electrons. The van der Waals surface area contributed by atoms with Crippen LogP contribution in [0, 0.1) is 0 Å². The maximum Gasteiger partial charge on any atom is 0.276 e. The van der Waals surface area contributed by atoms with Gasteiger partial charge in [0, 0.05) is 16.7 Å². The van der Waals surface area contributed by atoms with Crippen molar-refractivity contribution in [1.82, 2.24) is 9.97 Å². The number of hydrogen-bond donors (Lipinski definition) is 2. The van der Waals surface area contributed by atoms with E-state index < -0.39 is 0 Å². The smallest absolute Gasteiger partial charge is 0.276 e. The van der Waals surface area contributed by atoms with E-state index in [4.69, 9.17) is 5.73 Å². The fraction of sp³-hybridized carbons (Fsp3) is 0.462. The second kappa shape index (κ2) is 5.99. The summed E-state index contributed by atoms with van der Waals surface area (Å²) >= 11 is 3.06. The van der Waals surface area contributed by atoms with Crippen LogP contribution >= 0.6 is 22.7 Å². The third-order valence-electron chi connectivity index (χ3n) is 3.21. The lowest BCUT2D eigenvalue weighted by Gasteiger charge is -2.06. The van der Waals surface area contributed by atoms with Gasteiger partial charge in [-0.15, -0.1) is 22.7 Å². The van der Waals surface area contributed by atoms with Crippen LogP contribution in [0.4, 0.5) is 5.13 Å². The summed E-state index contributed by atoms with van der Waals surface area (Å²) in [4.78, 5) is 22.2. The standard InChI is InChI=1S/C13H16N4OS2/c14-6-5-11-15-9(7-19-11)12(18)17-13-16-8-3-1-2-4-10(8)20-13/h7H,1-6,14H2,(H,16,17,18). The van der Waals surface area contributed by atoms with Crippen molar-refractivity contribution < 1.29 is 4.79 Å². The molecule has 3 rings (SSSR count). The molecule has 0 saturated heterocycles. The van der Waals surface area contributed by atoms with Crippen LogP contribution < -0.4 is 11.1 Å². The number of nitrogens with one attached hydrogen (secondary N) is 1. The van der Waals surface area contributed by atoms with Crippen LogP contribution in [0.1, 0.15) is 38.9 Å². The summed E-state index contributed by atoms with van der Waals surface area (Å²) in [6.45, 7) is 0.549. The van der Waals surface area contributed by atoms with Gasteiger partial charge in [0.05, 0.1) is 10.7 Å². The number of amides is 1. The van der Waals surface area contributed by atoms with Gasteiger partial charge in [0.1, 0.15) is 5.69 Å². The minimum absolute atomic E-state index is 0.185. The Hall–Kier alpha value is -1.31. The topological polar surface area (TPSA) is 80.9 Å². The first-order valence-corrected chi connectivity index (χ1v) is 8.40. The zero-order chi connectivity index (χ0) is 13.9. The molecule has 7 heteroatoms. The van der Waals surface area contributed by atoms with Crippen molar-refractivity contribution in [2.45, 2.75) is 32.1 Å². The Labute approximate surface area is 125 Å². The molecule has 0 saturated carbocycles. The molecule has 1 amide bonds. The summed E-state index contributed by atoms with van der Waals surface area (Å²) in [6.07, 6.45) is 5.23. The minimum Gasteiger partial charge on any atom is -0.330 e. The van der Waals surface area contributed by atoms with E-state index in [2.05, 4.69) is 15.3 Å². The van der Waals surface area contributed by atoms with Gasteiger partial charge in [-0.05, 0) is 32.2 Å². The number of aromatic nitrogens is 2. The number of carbonyl (C=O) groups is 1. The lowest BCUT2D eigenvalue weighted by molar-refractivity contribution is 0.102. The lowest BCUT2D eigenvalue weighted by Crippen LogP contribution is -2.12. The Morgan fingerprint density at radius 2 is 2.20 bits per heavy atom. The largest absolute Gasteiger partial charge is 0.330 e. The molecule has 20 heavy (non-hydrogen) atoms. The molecule has 2 heterocycles. The number of hydrogen-bond acceptors (Lipinski definition) is 6. The summed E-state index contributed by atoms with van der Waals surface area (Å²) in [5, 5.41) is 6.21. The predicted octanol–water partition coefficient (Wildman–Crippen LogP) is 2.23. The number of thiazole rings is 2. The highest BCUT2D eigenvalue weighted by atomic mass is 32.1. The number of nitrogens with two attached hydrogens (primary N) is 1. The number of nitrogens with zero attached hydrogens (tertiary/aromatic N) is 2. The van der Waals surface area contributed by atoms with Crippen molar-refractivity contribution in [2.24, 2.45) is 5.73 Å². The van der Waals surface area contributed by atoms with Gasteiger partial charge in [-0.2, -0.15) is 0 Å². The van der Waals surface area contributed by atoms with Gasteiger partial charge in [0.15, 0.2) is 5.13 Å². The molecule has 0 aromatic carbocycles. The molecule has 0 atom stereocenters. The van der Waals surface area contributed by atoms with Crippen molar-refractivity contribution in [2.75, 3.05) is 11.9 Å². The molecule has 0 bridgehead atoms. The van der Waals surface area contributed by atoms with E-state index >= 15 is 0 Å². The maximum atomic E-state index is 12.1. The summed E-state index contributed by atoms with van der Waals surface area (Å²) in [5.74, 6) is -0.185. The first-order valence-electron chi connectivity index (χ1n) is 6.70. The summed E-state index contributed by atoms with van der Waals surface area (Å²) in [5.41, 5.74) is 7.09. The fourth-order valence-corrected chi connectivity index (χ4v) is 4.06. The molecule has 0 aliphatic heterocycles. The van der Waals surface area contributed by atoms with Gasteiger partial charge in [-0.3, -0.25) is 10.1 Å². The molecule has 0 spiro atoms. The van der Waals surface area contributed by atoms with E-state index in [9.17, 15) is 4.79 Å². The first kappa shape index (κ1) is 13.7. The monoisotopic (exact) mass is 308 g/mol. The molecule has 3 N–H and O–H groups in total. The summed E-state index contributed by atoms with van der Waals surface area (Å²) in [6, 6.07) is 0. The van der Waals surface area contributed by atoms with Crippen LogP contribution in [0.2, 0.25) is 0 Å². The van der Waals surface area contributed by atoms with E-state index in [0.29, 0.717) is 23.8 Å². The Kier molecular flexibility index (Phi) is 4.09. The van der Waals surface area contributed by atoms with Crippen LogP contribution in [0.15, 0.2) is 5.38 Å². The van der Waals surface area contributed by atoms with Gasteiger partial charge in [0.2, 0.25) is 0 Å². The lowest BCUT2D eigenvalue weighted by atomic mass is 10.0. The number of fused-ring (bicyclic) bond motifs is 1. The van der Waals surface area contributed by atoms with Gasteiger partial charge < -0.3 is 5.73 Å². The van der Waals surface area contributed by atoms with Gasteiger partial charge in [-0.1, -0.05) is 0 Å². The van der Waals surface area contributed by atoms with Crippen LogP contribution in [0.25, 0.3) is 0 Å². The number of anilines is 1. The molecule has 2 aromatic rings. The van der Waals surface area contributed by atoms with Crippen molar-refractivity contribution in [3.05, 3.63) is 26.7 Å². The second-order valence-electron chi connectivity index (χ2n) is 4.72. The molecule has 2 aromatic heterocycles. The van der Waals surface area contributed by atoms with E-state index in [-0.39, 0.29) is 5.91 Å². The molecular formula is C13H16N4OS2. The first-order chi connectivity index (χ1) is 9.76. The van der Waals surface area contributed by atoms with Crippen LogP contribution in [-0.2, 0) is 19.3 Å². The zero-order valence-corrected chi connectivity index (χ0v) is 12.6. The zero-order valence-electron chi connectivity index (χ0n) is 11.0. The molecule has 0 fully saturated rings. The number of aryl methyl sites for hydroxylation is 2. The van der Waals surface area contributed by atoms with E-state index in [1.807, 2.05) is 0 Å². The molecule has 0 unspecified atom stereocenters. The molecule has 1 aliphatic rings. The van der Waals surface area contributed by atoms with Crippen molar-refractivity contribution in [3.8, 4) is 0 Å². The summed E-state index contributed by atoms with van der Waals surface area (Å²) in [7, 11) is 0. The predicted molar refractivity (Wildman–Crippen MR) is 81.6 cm³/mol. The van der Waals surface area contributed by atoms with Crippen LogP contribution in [0.3, 0.4) is 0 Å². The maximum absolute atomic E-state index is 12.1. The summed E-state index contributed by atoms with van der Waals surface area (Å²) < 4.78 is 0. The fourth-order valence-electron chi connectivity index (χ4n) is 2.22. The normalized spacial score (nSPS) is 14.1. The van der Waals surface area contributed by atoms with E-state index in [0.717, 1.165) is 23.5 Å². The van der Waals surface area contributed by atoms with Crippen LogP contribution in [-0.4, -0.2) is 22.4 Å². The highest BCUT2D eigenvalue weighted by molar-refractivity contribution is 7.16. The van der Waals surface area contributed by atoms with E-state index in [1.54, 1.807) is 16.7 Å². The van der Waals surface area contributed by atoms with Crippen molar-refractivity contribution >= 4 is 33.7 Å². The highest BCUT2D eigenvalue weighted by Crippen LogP contribution is 2.29. The minimum atomic E-state index is -0.185. The van der Waals surface area contributed by atoms with Crippen molar-refractivity contribution in [1.29, 1.82) is 0 Å². The second-order valence-corrected chi connectivity index (χ2v) is 6.74. The Morgan fingerprint density at radius 3 is 3.00 bits per heavy atom. The third kappa shape index (κ3) is 2.89. The average Bonchev–Trinajstić information content (AvgIpc) is 3.04. The Bertz CT molecular complexity index is 596. The van der Waals surface area contributed by atoms with Gasteiger partial charge >= 0.3 is 0 Å². The molecule has 5 nitrogen and oxygen atoms in total. The number of rotatable bonds is 4.